The Morgan fingerprint density at radius 3 is 2.60 bits per heavy atom. The number of nitrogens with zero attached hydrogens (tertiary/aromatic N) is 2. The number of hydrazone groups is 1. The van der Waals surface area contributed by atoms with Crippen LogP contribution in [-0.2, 0) is 12.8 Å². The molecular formula is C17H20N4O4. The number of aryl methyl sites for hydroxylation is 1. The fraction of sp³-hybridized carbons (Fsp3) is 0.353. The van der Waals surface area contributed by atoms with E-state index in [2.05, 4.69) is 20.7 Å². The van der Waals surface area contributed by atoms with Gasteiger partial charge in [-0.05, 0) is 25.3 Å². The summed E-state index contributed by atoms with van der Waals surface area (Å²) in [5.41, 5.74) is 5.57. The number of methoxy groups -OCH3 is 3. The van der Waals surface area contributed by atoms with E-state index >= 15 is 0 Å². The second-order valence-electron chi connectivity index (χ2n) is 5.53. The standard InChI is InChI=1S/C17H20N4O4/c1-23-13-8-15(25-3)14(24-2)7-10(13)9-18-21-17(22)16-11-5-4-6-12(11)19-20-16/h7-9H,4-6H2,1-3H3,(H,19,20)(H,21,22). The molecule has 1 aromatic heterocycles. The van der Waals surface area contributed by atoms with Crippen LogP contribution < -0.4 is 19.6 Å². The van der Waals surface area contributed by atoms with Crippen molar-refractivity contribution in [3.05, 3.63) is 34.6 Å². The van der Waals surface area contributed by atoms with E-state index in [1.807, 2.05) is 0 Å². The molecule has 0 saturated heterocycles. The first kappa shape index (κ1) is 16.8. The Kier molecular flexibility index (Phi) is 4.87. The van der Waals surface area contributed by atoms with Gasteiger partial charge >= 0.3 is 0 Å². The highest BCUT2D eigenvalue weighted by atomic mass is 16.5. The third kappa shape index (κ3) is 3.28. The number of rotatable bonds is 6. The van der Waals surface area contributed by atoms with Gasteiger partial charge in [0, 0.05) is 22.9 Å². The van der Waals surface area contributed by atoms with Crippen molar-refractivity contribution in [2.75, 3.05) is 21.3 Å². The number of benzene rings is 1. The normalized spacial score (nSPS) is 12.9. The molecule has 0 aliphatic heterocycles. The van der Waals surface area contributed by atoms with Crippen LogP contribution in [0.1, 0.15) is 33.7 Å². The number of aromatic amines is 1. The Balaban J connectivity index is 1.76. The zero-order valence-electron chi connectivity index (χ0n) is 14.4. The Morgan fingerprint density at radius 1 is 1.16 bits per heavy atom. The van der Waals surface area contributed by atoms with Gasteiger partial charge in [0.25, 0.3) is 5.91 Å². The van der Waals surface area contributed by atoms with Crippen molar-refractivity contribution in [1.29, 1.82) is 0 Å². The molecule has 1 heterocycles. The number of aromatic nitrogens is 2. The summed E-state index contributed by atoms with van der Waals surface area (Å²) in [5, 5.41) is 11.0. The lowest BCUT2D eigenvalue weighted by Gasteiger charge is -2.11. The Bertz CT molecular complexity index is 813. The van der Waals surface area contributed by atoms with Gasteiger partial charge in [0.1, 0.15) is 5.75 Å². The molecule has 2 N–H and O–H groups in total. The maximum absolute atomic E-state index is 12.3. The van der Waals surface area contributed by atoms with Crippen molar-refractivity contribution in [1.82, 2.24) is 15.6 Å². The predicted molar refractivity (Wildman–Crippen MR) is 91.8 cm³/mol. The smallest absolute Gasteiger partial charge is 0.292 e. The van der Waals surface area contributed by atoms with Crippen LogP contribution in [0.25, 0.3) is 0 Å². The second kappa shape index (κ2) is 7.25. The number of carbonyl (C=O) groups excluding carboxylic acids is 1. The van der Waals surface area contributed by atoms with Gasteiger partial charge in [-0.25, -0.2) is 5.43 Å². The third-order valence-electron chi connectivity index (χ3n) is 4.13. The number of hydrogen-bond acceptors (Lipinski definition) is 6. The van der Waals surface area contributed by atoms with Gasteiger partial charge in [-0.15, -0.1) is 0 Å². The highest BCUT2D eigenvalue weighted by Crippen LogP contribution is 2.33. The lowest BCUT2D eigenvalue weighted by molar-refractivity contribution is 0.0949. The monoisotopic (exact) mass is 344 g/mol. The maximum Gasteiger partial charge on any atom is 0.292 e. The van der Waals surface area contributed by atoms with E-state index in [9.17, 15) is 4.79 Å². The molecule has 8 nitrogen and oxygen atoms in total. The van der Waals surface area contributed by atoms with E-state index in [1.54, 1.807) is 33.5 Å². The minimum Gasteiger partial charge on any atom is -0.496 e. The fourth-order valence-corrected chi connectivity index (χ4v) is 2.87. The van der Waals surface area contributed by atoms with Crippen molar-refractivity contribution in [2.24, 2.45) is 5.10 Å². The van der Waals surface area contributed by atoms with Gasteiger partial charge in [-0.2, -0.15) is 10.2 Å². The summed E-state index contributed by atoms with van der Waals surface area (Å²) >= 11 is 0. The van der Waals surface area contributed by atoms with Gasteiger partial charge < -0.3 is 14.2 Å². The molecule has 2 aromatic rings. The zero-order valence-corrected chi connectivity index (χ0v) is 14.4. The van der Waals surface area contributed by atoms with Crippen molar-refractivity contribution < 1.29 is 19.0 Å². The quantitative estimate of drug-likeness (QED) is 0.614. The summed E-state index contributed by atoms with van der Waals surface area (Å²) in [5.74, 6) is 1.31. The summed E-state index contributed by atoms with van der Waals surface area (Å²) in [6.07, 6.45) is 4.32. The average Bonchev–Trinajstić information content (AvgIpc) is 3.24. The molecule has 1 aromatic carbocycles. The van der Waals surface area contributed by atoms with Crippen molar-refractivity contribution >= 4 is 12.1 Å². The fourth-order valence-electron chi connectivity index (χ4n) is 2.87. The molecule has 132 valence electrons. The van der Waals surface area contributed by atoms with E-state index in [1.165, 1.54) is 6.21 Å². The first-order valence-corrected chi connectivity index (χ1v) is 7.87. The highest BCUT2D eigenvalue weighted by molar-refractivity contribution is 5.95. The van der Waals surface area contributed by atoms with Crippen LogP contribution in [-0.4, -0.2) is 43.6 Å². The Hall–Kier alpha value is -3.03. The van der Waals surface area contributed by atoms with E-state index in [4.69, 9.17) is 14.2 Å². The van der Waals surface area contributed by atoms with Gasteiger partial charge in [0.15, 0.2) is 17.2 Å². The average molecular weight is 344 g/mol. The van der Waals surface area contributed by atoms with Gasteiger partial charge in [-0.3, -0.25) is 9.89 Å². The van der Waals surface area contributed by atoms with Gasteiger partial charge in [0.2, 0.25) is 0 Å². The number of fused-ring (bicyclic) bond motifs is 1. The number of carbonyl (C=O) groups is 1. The number of H-pyrrole nitrogens is 1. The molecule has 25 heavy (non-hydrogen) atoms. The zero-order chi connectivity index (χ0) is 17.8. The predicted octanol–water partition coefficient (Wildman–Crippen LogP) is 1.69. The first-order valence-electron chi connectivity index (χ1n) is 7.87. The number of hydrogen-bond donors (Lipinski definition) is 2. The number of nitrogens with one attached hydrogen (secondary N) is 2. The summed E-state index contributed by atoms with van der Waals surface area (Å²) in [4.78, 5) is 12.3. The van der Waals surface area contributed by atoms with Crippen LogP contribution in [0, 0.1) is 0 Å². The largest absolute Gasteiger partial charge is 0.496 e. The van der Waals surface area contributed by atoms with Gasteiger partial charge in [-0.1, -0.05) is 0 Å². The number of amides is 1. The molecule has 0 radical (unpaired) electrons. The van der Waals surface area contributed by atoms with E-state index in [0.29, 0.717) is 28.5 Å². The maximum atomic E-state index is 12.3. The van der Waals surface area contributed by atoms with Crippen LogP contribution in [0.4, 0.5) is 0 Å². The van der Waals surface area contributed by atoms with Crippen LogP contribution in [0.2, 0.25) is 0 Å². The molecule has 3 rings (SSSR count). The van der Waals surface area contributed by atoms with Crippen molar-refractivity contribution in [3.8, 4) is 17.2 Å². The lowest BCUT2D eigenvalue weighted by atomic mass is 10.2. The van der Waals surface area contributed by atoms with E-state index in [0.717, 1.165) is 30.5 Å². The topological polar surface area (TPSA) is 97.8 Å². The molecule has 0 saturated carbocycles. The molecule has 0 atom stereocenters. The molecule has 0 bridgehead atoms. The van der Waals surface area contributed by atoms with Crippen molar-refractivity contribution in [3.63, 3.8) is 0 Å². The van der Waals surface area contributed by atoms with Crippen molar-refractivity contribution in [2.45, 2.75) is 19.3 Å². The molecule has 0 fully saturated rings. The summed E-state index contributed by atoms with van der Waals surface area (Å²) < 4.78 is 15.8. The third-order valence-corrected chi connectivity index (χ3v) is 4.13. The molecule has 1 aliphatic rings. The summed E-state index contributed by atoms with van der Waals surface area (Å²) in [6, 6.07) is 3.42. The van der Waals surface area contributed by atoms with E-state index < -0.39 is 0 Å². The minimum atomic E-state index is -0.338. The summed E-state index contributed by atoms with van der Waals surface area (Å²) in [6.45, 7) is 0. The molecule has 1 amide bonds. The second-order valence-corrected chi connectivity index (χ2v) is 5.53. The Labute approximate surface area is 145 Å². The van der Waals surface area contributed by atoms with Crippen LogP contribution in [0.15, 0.2) is 17.2 Å². The van der Waals surface area contributed by atoms with Crippen LogP contribution in [0.3, 0.4) is 0 Å². The number of ether oxygens (including phenoxy) is 3. The summed E-state index contributed by atoms with van der Waals surface area (Å²) in [7, 11) is 4.64. The highest BCUT2D eigenvalue weighted by Gasteiger charge is 2.22. The van der Waals surface area contributed by atoms with Gasteiger partial charge in [0.05, 0.1) is 27.5 Å². The molecule has 0 spiro atoms. The van der Waals surface area contributed by atoms with Crippen LogP contribution >= 0.6 is 0 Å². The van der Waals surface area contributed by atoms with Crippen LogP contribution in [0.5, 0.6) is 17.2 Å². The Morgan fingerprint density at radius 2 is 1.88 bits per heavy atom. The first-order chi connectivity index (χ1) is 12.2. The molecular weight excluding hydrogens is 324 g/mol. The lowest BCUT2D eigenvalue weighted by Crippen LogP contribution is -2.19. The molecule has 0 unspecified atom stereocenters. The molecule has 1 aliphatic carbocycles. The SMILES string of the molecule is COc1cc(OC)c(OC)cc1C=NNC(=O)c1n[nH]c2c1CCC2. The molecule has 8 heteroatoms. The minimum absolute atomic E-state index is 0.338. The van der Waals surface area contributed by atoms with E-state index in [-0.39, 0.29) is 5.91 Å².